The van der Waals surface area contributed by atoms with Crippen molar-refractivity contribution in [1.29, 1.82) is 0 Å². The summed E-state index contributed by atoms with van der Waals surface area (Å²) in [5.74, 6) is 0.163. The number of benzene rings is 1. The Hall–Kier alpha value is -1.23. The Morgan fingerprint density at radius 1 is 1.22 bits per heavy atom. The Morgan fingerprint density at radius 3 is 2.33 bits per heavy atom. The molecule has 0 unspecified atom stereocenters. The molecule has 0 bridgehead atoms. The van der Waals surface area contributed by atoms with E-state index in [2.05, 4.69) is 0 Å². The molecule has 0 heterocycles. The van der Waals surface area contributed by atoms with Crippen molar-refractivity contribution < 1.29 is 8.42 Å². The second-order valence-corrected chi connectivity index (χ2v) is 6.23. The number of nitrogen functional groups attached to an aromatic ring is 1. The minimum atomic E-state index is -3.23. The van der Waals surface area contributed by atoms with Crippen molar-refractivity contribution in [3.63, 3.8) is 0 Å². The molecule has 0 aliphatic heterocycles. The van der Waals surface area contributed by atoms with E-state index in [1.807, 2.05) is 32.9 Å². The number of nitrogens with two attached hydrogens (primary N) is 1. The lowest BCUT2D eigenvalue weighted by Gasteiger charge is -2.23. The summed E-state index contributed by atoms with van der Waals surface area (Å²) < 4.78 is 25.6. The maximum Gasteiger partial charge on any atom is 0.235 e. The lowest BCUT2D eigenvalue weighted by atomic mass is 10.1. The van der Waals surface area contributed by atoms with Crippen LogP contribution in [0.1, 0.15) is 32.8 Å². The lowest BCUT2D eigenvalue weighted by Crippen LogP contribution is -2.32. The third kappa shape index (κ3) is 3.16. The molecule has 0 radical (unpaired) electrons. The number of nitrogens with zero attached hydrogens (tertiary/aromatic N) is 1. The molecule has 1 aromatic carbocycles. The molecule has 0 saturated heterocycles. The molecule has 0 aliphatic rings. The van der Waals surface area contributed by atoms with Crippen LogP contribution >= 0.6 is 0 Å². The van der Waals surface area contributed by atoms with Crippen molar-refractivity contribution in [2.45, 2.75) is 33.6 Å². The average Bonchev–Trinajstić information content (AvgIpc) is 2.29. The van der Waals surface area contributed by atoms with Crippen LogP contribution in [-0.2, 0) is 16.4 Å². The van der Waals surface area contributed by atoms with Gasteiger partial charge in [-0.1, -0.05) is 19.9 Å². The molecule has 2 N–H and O–H groups in total. The Kier molecular flexibility index (Phi) is 5.02. The second kappa shape index (κ2) is 6.09. The monoisotopic (exact) mass is 270 g/mol. The van der Waals surface area contributed by atoms with Crippen molar-refractivity contribution in [1.82, 2.24) is 0 Å². The molecule has 0 aliphatic carbocycles. The molecular weight excluding hydrogens is 248 g/mol. The van der Waals surface area contributed by atoms with Gasteiger partial charge >= 0.3 is 0 Å². The van der Waals surface area contributed by atoms with E-state index in [1.54, 1.807) is 6.07 Å². The highest BCUT2D eigenvalue weighted by Gasteiger charge is 2.20. The smallest absolute Gasteiger partial charge is 0.235 e. The molecule has 5 heteroatoms. The SMILES string of the molecule is CCCS(=O)(=O)N(CC)c1ccc(CC)c(N)c1. The molecule has 1 aromatic rings. The van der Waals surface area contributed by atoms with Crippen LogP contribution in [0.2, 0.25) is 0 Å². The lowest BCUT2D eigenvalue weighted by molar-refractivity contribution is 0.590. The van der Waals surface area contributed by atoms with E-state index in [-0.39, 0.29) is 5.75 Å². The normalized spacial score (nSPS) is 11.5. The molecule has 0 fully saturated rings. The Balaban J connectivity index is 3.14. The van der Waals surface area contributed by atoms with Gasteiger partial charge in [-0.05, 0) is 37.5 Å². The zero-order valence-corrected chi connectivity index (χ0v) is 12.1. The van der Waals surface area contributed by atoms with Gasteiger partial charge in [0.2, 0.25) is 10.0 Å². The minimum absolute atomic E-state index is 0.163. The largest absolute Gasteiger partial charge is 0.398 e. The molecule has 0 aromatic heterocycles. The summed E-state index contributed by atoms with van der Waals surface area (Å²) >= 11 is 0. The predicted octanol–water partition coefficient (Wildman–Crippen LogP) is 2.40. The fourth-order valence-corrected chi connectivity index (χ4v) is 3.53. The predicted molar refractivity (Wildman–Crippen MR) is 77.3 cm³/mol. The van der Waals surface area contributed by atoms with Gasteiger partial charge in [0.1, 0.15) is 0 Å². The van der Waals surface area contributed by atoms with Crippen molar-refractivity contribution in [3.05, 3.63) is 23.8 Å². The first-order valence-corrected chi connectivity index (χ1v) is 7.96. The Labute approximate surface area is 110 Å². The van der Waals surface area contributed by atoms with Crippen molar-refractivity contribution >= 4 is 21.4 Å². The number of hydrogen-bond donors (Lipinski definition) is 1. The third-order valence-corrected chi connectivity index (χ3v) is 4.95. The van der Waals surface area contributed by atoms with E-state index < -0.39 is 10.0 Å². The molecule has 0 saturated carbocycles. The van der Waals surface area contributed by atoms with Crippen LogP contribution < -0.4 is 10.0 Å². The maximum absolute atomic E-state index is 12.1. The summed E-state index contributed by atoms with van der Waals surface area (Å²) in [4.78, 5) is 0. The second-order valence-electron chi connectivity index (χ2n) is 4.22. The number of anilines is 2. The first-order chi connectivity index (χ1) is 8.46. The van der Waals surface area contributed by atoms with Crippen LogP contribution in [0, 0.1) is 0 Å². The number of rotatable bonds is 6. The van der Waals surface area contributed by atoms with E-state index in [0.29, 0.717) is 24.3 Å². The van der Waals surface area contributed by atoms with Gasteiger partial charge in [0.25, 0.3) is 0 Å². The van der Waals surface area contributed by atoms with Crippen LogP contribution in [0.15, 0.2) is 18.2 Å². The van der Waals surface area contributed by atoms with Crippen LogP contribution in [0.5, 0.6) is 0 Å². The van der Waals surface area contributed by atoms with Gasteiger partial charge in [0.15, 0.2) is 0 Å². The molecule has 0 spiro atoms. The van der Waals surface area contributed by atoms with Crippen LogP contribution in [-0.4, -0.2) is 20.7 Å². The van der Waals surface area contributed by atoms with Gasteiger partial charge in [-0.2, -0.15) is 0 Å². The molecule has 18 heavy (non-hydrogen) atoms. The molecule has 0 atom stereocenters. The number of aryl methyl sites for hydroxylation is 1. The van der Waals surface area contributed by atoms with E-state index in [9.17, 15) is 8.42 Å². The minimum Gasteiger partial charge on any atom is -0.398 e. The van der Waals surface area contributed by atoms with E-state index in [1.165, 1.54) is 4.31 Å². The molecule has 1 rings (SSSR count). The third-order valence-electron chi connectivity index (χ3n) is 2.88. The van der Waals surface area contributed by atoms with Gasteiger partial charge in [-0.25, -0.2) is 8.42 Å². The highest BCUT2D eigenvalue weighted by Crippen LogP contribution is 2.24. The van der Waals surface area contributed by atoms with Gasteiger partial charge < -0.3 is 5.73 Å². The van der Waals surface area contributed by atoms with Crippen LogP contribution in [0.3, 0.4) is 0 Å². The van der Waals surface area contributed by atoms with Crippen molar-refractivity contribution in [3.8, 4) is 0 Å². The van der Waals surface area contributed by atoms with Crippen molar-refractivity contribution in [2.24, 2.45) is 0 Å². The molecule has 0 amide bonds. The summed E-state index contributed by atoms with van der Waals surface area (Å²) in [6, 6.07) is 5.47. The first-order valence-electron chi connectivity index (χ1n) is 6.35. The summed E-state index contributed by atoms with van der Waals surface area (Å²) in [5.41, 5.74) is 8.27. The zero-order chi connectivity index (χ0) is 13.8. The van der Waals surface area contributed by atoms with Crippen molar-refractivity contribution in [2.75, 3.05) is 22.3 Å². The summed E-state index contributed by atoms with van der Waals surface area (Å²) in [5, 5.41) is 0. The van der Waals surface area contributed by atoms with Gasteiger partial charge in [-0.3, -0.25) is 4.31 Å². The molecule has 4 nitrogen and oxygen atoms in total. The maximum atomic E-state index is 12.1. The molecule has 102 valence electrons. The quantitative estimate of drug-likeness (QED) is 0.807. The van der Waals surface area contributed by atoms with Crippen LogP contribution in [0.25, 0.3) is 0 Å². The summed E-state index contributed by atoms with van der Waals surface area (Å²) in [7, 11) is -3.23. The fourth-order valence-electron chi connectivity index (χ4n) is 1.97. The Morgan fingerprint density at radius 2 is 1.89 bits per heavy atom. The Bertz CT molecular complexity index is 498. The first kappa shape index (κ1) is 14.8. The van der Waals surface area contributed by atoms with Gasteiger partial charge in [0.05, 0.1) is 11.4 Å². The highest BCUT2D eigenvalue weighted by molar-refractivity contribution is 7.92. The van der Waals surface area contributed by atoms with E-state index >= 15 is 0 Å². The number of hydrogen-bond acceptors (Lipinski definition) is 3. The van der Waals surface area contributed by atoms with Crippen LogP contribution in [0.4, 0.5) is 11.4 Å². The topological polar surface area (TPSA) is 63.4 Å². The standard InChI is InChI=1S/C13H22N2O2S/c1-4-9-18(16,17)15(6-3)12-8-7-11(5-2)13(14)10-12/h7-8,10H,4-6,9,14H2,1-3H3. The summed E-state index contributed by atoms with van der Waals surface area (Å²) in [6.07, 6.45) is 1.46. The average molecular weight is 270 g/mol. The summed E-state index contributed by atoms with van der Waals surface area (Å²) in [6.45, 7) is 6.14. The highest BCUT2D eigenvalue weighted by atomic mass is 32.2. The van der Waals surface area contributed by atoms with Gasteiger partial charge in [-0.15, -0.1) is 0 Å². The van der Waals surface area contributed by atoms with E-state index in [0.717, 1.165) is 12.0 Å². The zero-order valence-electron chi connectivity index (χ0n) is 11.3. The van der Waals surface area contributed by atoms with E-state index in [4.69, 9.17) is 5.73 Å². The van der Waals surface area contributed by atoms with Gasteiger partial charge in [0, 0.05) is 12.2 Å². The fraction of sp³-hybridized carbons (Fsp3) is 0.538. The molecular formula is C13H22N2O2S. The number of sulfonamides is 1.